The van der Waals surface area contributed by atoms with Gasteiger partial charge >= 0.3 is 0 Å². The molecule has 0 N–H and O–H groups in total. The number of aryl methyl sites for hydroxylation is 2. The number of unbranched alkanes of at least 4 members (excludes halogenated alkanes) is 5. The highest BCUT2D eigenvalue weighted by Gasteiger charge is 1.99. The average molecular weight is 385 g/mol. The van der Waals surface area contributed by atoms with Crippen LogP contribution in [0.5, 0.6) is 0 Å². The average Bonchev–Trinajstić information content (AvgIpc) is 2.76. The summed E-state index contributed by atoms with van der Waals surface area (Å²) in [5.41, 5.74) is 6.86. The molecule has 0 aromatic heterocycles. The van der Waals surface area contributed by atoms with E-state index < -0.39 is 0 Å². The van der Waals surface area contributed by atoms with Crippen LogP contribution in [-0.2, 0) is 6.42 Å². The first-order chi connectivity index (χ1) is 14.2. The van der Waals surface area contributed by atoms with Gasteiger partial charge in [-0.05, 0) is 60.7 Å². The summed E-state index contributed by atoms with van der Waals surface area (Å²) in [6.07, 6.45) is 9.19. The number of benzene rings is 3. The summed E-state index contributed by atoms with van der Waals surface area (Å²) in [7, 11) is 0. The van der Waals surface area contributed by atoms with Crippen molar-refractivity contribution in [3.05, 3.63) is 83.9 Å². The normalized spacial score (nSPS) is 11.2. The minimum absolute atomic E-state index is 0.872. The van der Waals surface area contributed by atoms with Crippen molar-refractivity contribution in [3.63, 3.8) is 0 Å². The Morgan fingerprint density at radius 2 is 1.03 bits per heavy atom. The molecule has 0 bridgehead atoms. The molecule has 0 fully saturated rings. The summed E-state index contributed by atoms with van der Waals surface area (Å²) >= 11 is 0. The van der Waals surface area contributed by atoms with E-state index in [1.807, 2.05) is 12.1 Å². The largest absolute Gasteiger partial charge is 0.151 e. The molecule has 29 heavy (non-hydrogen) atoms. The maximum Gasteiger partial charge on any atom is 0.0857 e. The molecule has 0 aliphatic heterocycles. The fourth-order valence-corrected chi connectivity index (χ4v) is 3.42. The Bertz CT molecular complexity index is 875. The molecule has 0 amide bonds. The maximum atomic E-state index is 4.39. The molecule has 0 spiro atoms. The van der Waals surface area contributed by atoms with E-state index in [-0.39, 0.29) is 0 Å². The van der Waals surface area contributed by atoms with Crippen LogP contribution in [0.15, 0.2) is 83.0 Å². The molecule has 2 nitrogen and oxygen atoms in total. The molecule has 3 aromatic carbocycles. The van der Waals surface area contributed by atoms with Crippen LogP contribution in [0.4, 0.5) is 11.4 Å². The molecule has 0 aliphatic carbocycles. The predicted octanol–water partition coefficient (Wildman–Crippen LogP) is 8.98. The van der Waals surface area contributed by atoms with Gasteiger partial charge in [0.05, 0.1) is 11.4 Å². The van der Waals surface area contributed by atoms with Crippen LogP contribution in [0.1, 0.15) is 56.6 Å². The summed E-state index contributed by atoms with van der Waals surface area (Å²) in [6, 6.07) is 25.3. The number of hydrogen-bond acceptors (Lipinski definition) is 2. The van der Waals surface area contributed by atoms with Crippen molar-refractivity contribution < 1.29 is 0 Å². The number of hydrogen-bond donors (Lipinski definition) is 0. The second-order valence-electron chi connectivity index (χ2n) is 7.80. The van der Waals surface area contributed by atoms with Crippen LogP contribution in [0, 0.1) is 6.92 Å². The van der Waals surface area contributed by atoms with Crippen LogP contribution >= 0.6 is 0 Å². The molecule has 0 saturated carbocycles. The van der Waals surface area contributed by atoms with Gasteiger partial charge in [0.2, 0.25) is 0 Å². The van der Waals surface area contributed by atoms with E-state index in [2.05, 4.69) is 84.7 Å². The van der Waals surface area contributed by atoms with Crippen molar-refractivity contribution in [1.29, 1.82) is 0 Å². The predicted molar refractivity (Wildman–Crippen MR) is 124 cm³/mol. The summed E-state index contributed by atoms with van der Waals surface area (Å²) in [5, 5.41) is 8.77. The highest BCUT2D eigenvalue weighted by Crippen LogP contribution is 2.24. The topological polar surface area (TPSA) is 24.7 Å². The lowest BCUT2D eigenvalue weighted by molar-refractivity contribution is 0.607. The maximum absolute atomic E-state index is 4.39. The minimum atomic E-state index is 0.872. The fraction of sp³-hybridized carbons (Fsp3) is 0.333. The first kappa shape index (κ1) is 21.0. The molecule has 0 atom stereocenters. The standard InChI is InChI=1S/C27H32N2/c1-3-4-5-6-7-8-9-23-12-18-26(19-13-23)28-29-27-20-16-25(17-21-27)24-14-10-22(2)11-15-24/h10-21H,3-9H2,1-2H3. The summed E-state index contributed by atoms with van der Waals surface area (Å²) < 4.78 is 0. The van der Waals surface area contributed by atoms with Gasteiger partial charge in [0.1, 0.15) is 0 Å². The van der Waals surface area contributed by atoms with Crippen molar-refractivity contribution >= 4 is 11.4 Å². The van der Waals surface area contributed by atoms with E-state index in [1.54, 1.807) is 0 Å². The smallest absolute Gasteiger partial charge is 0.0857 e. The first-order valence-electron chi connectivity index (χ1n) is 10.9. The SMILES string of the molecule is CCCCCCCCc1ccc(N=Nc2ccc(-c3ccc(C)cc3)cc2)cc1. The van der Waals surface area contributed by atoms with Gasteiger partial charge in [-0.1, -0.05) is 93.1 Å². The van der Waals surface area contributed by atoms with Crippen molar-refractivity contribution in [2.75, 3.05) is 0 Å². The van der Waals surface area contributed by atoms with Crippen LogP contribution in [0.3, 0.4) is 0 Å². The Labute approximate surface area is 175 Å². The van der Waals surface area contributed by atoms with Crippen molar-refractivity contribution in [3.8, 4) is 11.1 Å². The van der Waals surface area contributed by atoms with Gasteiger partial charge in [-0.25, -0.2) is 0 Å². The third-order valence-electron chi connectivity index (χ3n) is 5.29. The minimum Gasteiger partial charge on any atom is -0.151 e. The number of azo groups is 1. The zero-order valence-electron chi connectivity index (χ0n) is 17.8. The summed E-state index contributed by atoms with van der Waals surface area (Å²) in [6.45, 7) is 4.37. The molecular weight excluding hydrogens is 352 g/mol. The van der Waals surface area contributed by atoms with E-state index in [0.717, 1.165) is 17.8 Å². The molecular formula is C27H32N2. The summed E-state index contributed by atoms with van der Waals surface area (Å²) in [5.74, 6) is 0. The highest BCUT2D eigenvalue weighted by molar-refractivity contribution is 5.65. The Balaban J connectivity index is 1.50. The van der Waals surface area contributed by atoms with E-state index in [9.17, 15) is 0 Å². The van der Waals surface area contributed by atoms with E-state index in [4.69, 9.17) is 0 Å². The molecule has 2 heteroatoms. The molecule has 0 unspecified atom stereocenters. The lowest BCUT2D eigenvalue weighted by atomic mass is 10.0. The molecule has 3 aromatic rings. The van der Waals surface area contributed by atoms with Crippen LogP contribution in [0.25, 0.3) is 11.1 Å². The zero-order valence-corrected chi connectivity index (χ0v) is 17.8. The van der Waals surface area contributed by atoms with Gasteiger partial charge in [-0.3, -0.25) is 0 Å². The molecule has 0 aliphatic rings. The molecule has 3 rings (SSSR count). The van der Waals surface area contributed by atoms with Gasteiger partial charge in [-0.2, -0.15) is 10.2 Å². The van der Waals surface area contributed by atoms with E-state index in [1.165, 1.54) is 60.8 Å². The summed E-state index contributed by atoms with van der Waals surface area (Å²) in [4.78, 5) is 0. The van der Waals surface area contributed by atoms with Crippen LogP contribution < -0.4 is 0 Å². The van der Waals surface area contributed by atoms with Gasteiger partial charge in [0, 0.05) is 0 Å². The van der Waals surface area contributed by atoms with Gasteiger partial charge < -0.3 is 0 Å². The Kier molecular flexibility index (Phi) is 8.18. The van der Waals surface area contributed by atoms with E-state index >= 15 is 0 Å². The van der Waals surface area contributed by atoms with Crippen LogP contribution in [-0.4, -0.2) is 0 Å². The molecule has 0 radical (unpaired) electrons. The zero-order chi connectivity index (χ0) is 20.3. The highest BCUT2D eigenvalue weighted by atomic mass is 15.1. The lowest BCUT2D eigenvalue weighted by Crippen LogP contribution is -1.85. The van der Waals surface area contributed by atoms with Crippen molar-refractivity contribution in [2.24, 2.45) is 10.2 Å². The third-order valence-corrected chi connectivity index (χ3v) is 5.29. The lowest BCUT2D eigenvalue weighted by Gasteiger charge is -2.03. The van der Waals surface area contributed by atoms with Crippen molar-refractivity contribution in [1.82, 2.24) is 0 Å². The Morgan fingerprint density at radius 1 is 0.552 bits per heavy atom. The Hall–Kier alpha value is -2.74. The van der Waals surface area contributed by atoms with Crippen molar-refractivity contribution in [2.45, 2.75) is 58.8 Å². The first-order valence-corrected chi connectivity index (χ1v) is 10.9. The second-order valence-corrected chi connectivity index (χ2v) is 7.80. The van der Waals surface area contributed by atoms with Crippen LogP contribution in [0.2, 0.25) is 0 Å². The monoisotopic (exact) mass is 384 g/mol. The van der Waals surface area contributed by atoms with Gasteiger partial charge in [0.15, 0.2) is 0 Å². The second kappa shape index (κ2) is 11.3. The fourth-order valence-electron chi connectivity index (χ4n) is 3.42. The molecule has 0 heterocycles. The van der Waals surface area contributed by atoms with Gasteiger partial charge in [-0.15, -0.1) is 0 Å². The molecule has 150 valence electrons. The number of nitrogens with zero attached hydrogens (tertiary/aromatic N) is 2. The number of rotatable bonds is 10. The Morgan fingerprint density at radius 3 is 1.62 bits per heavy atom. The van der Waals surface area contributed by atoms with E-state index in [0.29, 0.717) is 0 Å². The van der Waals surface area contributed by atoms with Gasteiger partial charge in [0.25, 0.3) is 0 Å². The quantitative estimate of drug-likeness (QED) is 0.246. The third kappa shape index (κ3) is 6.98. The molecule has 0 saturated heterocycles.